The fraction of sp³-hybridized carbons (Fsp3) is 0.143. The maximum absolute atomic E-state index is 12.5. The molecule has 0 aliphatic rings. The van der Waals surface area contributed by atoms with Crippen LogP contribution in [0.15, 0.2) is 47.5 Å². The monoisotopic (exact) mass is 327 g/mol. The van der Waals surface area contributed by atoms with Gasteiger partial charge in [-0.1, -0.05) is 12.1 Å². The second-order valence-electron chi connectivity index (χ2n) is 4.33. The number of pyridine rings is 1. The Morgan fingerprint density at radius 1 is 1.23 bits per heavy atom. The second kappa shape index (κ2) is 6.80. The molecule has 0 bridgehead atoms. The van der Waals surface area contributed by atoms with Gasteiger partial charge in [-0.25, -0.2) is 5.84 Å². The van der Waals surface area contributed by atoms with Crippen LogP contribution in [0, 0.1) is 0 Å². The lowest BCUT2D eigenvalue weighted by atomic mass is 10.1. The van der Waals surface area contributed by atoms with Crippen molar-refractivity contribution in [1.29, 1.82) is 0 Å². The van der Waals surface area contributed by atoms with Gasteiger partial charge in [0.05, 0.1) is 5.56 Å². The van der Waals surface area contributed by atoms with Crippen LogP contribution in [-0.2, 0) is 11.9 Å². The number of rotatable bonds is 4. The van der Waals surface area contributed by atoms with Gasteiger partial charge >= 0.3 is 6.18 Å². The Morgan fingerprint density at radius 3 is 2.50 bits per heavy atom. The first-order valence-corrected chi connectivity index (χ1v) is 7.14. The van der Waals surface area contributed by atoms with E-state index in [-0.39, 0.29) is 5.69 Å². The number of nitrogen functional groups attached to an aromatic ring is 1. The van der Waals surface area contributed by atoms with Crippen molar-refractivity contribution >= 4 is 17.7 Å². The van der Waals surface area contributed by atoms with E-state index in [1.807, 2.05) is 5.43 Å². The number of nitrogens with one attached hydrogen (secondary N) is 1. The van der Waals surface area contributed by atoms with E-state index in [4.69, 9.17) is 5.84 Å². The van der Waals surface area contributed by atoms with Crippen molar-refractivity contribution in [3.63, 3.8) is 0 Å². The van der Waals surface area contributed by atoms with Crippen LogP contribution in [0.1, 0.15) is 21.6 Å². The van der Waals surface area contributed by atoms with Crippen LogP contribution >= 0.6 is 11.8 Å². The minimum absolute atomic E-state index is 0.180. The van der Waals surface area contributed by atoms with E-state index in [1.165, 1.54) is 30.1 Å². The molecular weight excluding hydrogens is 315 g/mol. The Bertz CT molecular complexity index is 659. The highest BCUT2D eigenvalue weighted by atomic mass is 32.2. The molecule has 0 aliphatic carbocycles. The largest absolute Gasteiger partial charge is 0.416 e. The van der Waals surface area contributed by atoms with E-state index >= 15 is 0 Å². The smallest absolute Gasteiger partial charge is 0.289 e. The number of halogens is 3. The van der Waals surface area contributed by atoms with Gasteiger partial charge in [-0.2, -0.15) is 13.2 Å². The number of thioether (sulfide) groups is 1. The van der Waals surface area contributed by atoms with E-state index in [0.29, 0.717) is 5.75 Å². The lowest BCUT2D eigenvalue weighted by Crippen LogP contribution is -2.30. The maximum atomic E-state index is 12.5. The molecule has 1 heterocycles. The molecule has 0 fully saturated rings. The van der Waals surface area contributed by atoms with Crippen molar-refractivity contribution in [3.8, 4) is 0 Å². The Balaban J connectivity index is 2.03. The molecule has 0 spiro atoms. The van der Waals surface area contributed by atoms with Crippen molar-refractivity contribution in [2.75, 3.05) is 0 Å². The molecule has 0 aliphatic heterocycles. The van der Waals surface area contributed by atoms with Gasteiger partial charge in [0.25, 0.3) is 5.91 Å². The molecule has 8 heteroatoms. The van der Waals surface area contributed by atoms with Crippen LogP contribution in [0.5, 0.6) is 0 Å². The summed E-state index contributed by atoms with van der Waals surface area (Å²) >= 11 is 1.39. The van der Waals surface area contributed by atoms with Gasteiger partial charge < -0.3 is 0 Å². The second-order valence-corrected chi connectivity index (χ2v) is 5.38. The summed E-state index contributed by atoms with van der Waals surface area (Å²) in [6.07, 6.45) is -2.86. The predicted molar refractivity (Wildman–Crippen MR) is 76.9 cm³/mol. The van der Waals surface area contributed by atoms with Gasteiger partial charge in [0.2, 0.25) is 0 Å². The van der Waals surface area contributed by atoms with Gasteiger partial charge in [-0.15, -0.1) is 11.8 Å². The Labute approximate surface area is 128 Å². The van der Waals surface area contributed by atoms with Gasteiger partial charge in [0.1, 0.15) is 5.69 Å². The van der Waals surface area contributed by atoms with Crippen LogP contribution in [0.25, 0.3) is 0 Å². The minimum Gasteiger partial charge on any atom is -0.289 e. The summed E-state index contributed by atoms with van der Waals surface area (Å²) in [7, 11) is 0. The Hall–Kier alpha value is -2.06. The molecule has 4 nitrogen and oxygen atoms in total. The summed E-state index contributed by atoms with van der Waals surface area (Å²) < 4.78 is 37.4. The summed E-state index contributed by atoms with van der Waals surface area (Å²) in [6.45, 7) is 0. The number of hydrogen-bond acceptors (Lipinski definition) is 4. The topological polar surface area (TPSA) is 68.0 Å². The molecule has 1 amide bonds. The number of nitrogens with two attached hydrogens (primary N) is 1. The molecule has 3 N–H and O–H groups in total. The van der Waals surface area contributed by atoms with Gasteiger partial charge in [0, 0.05) is 16.8 Å². The van der Waals surface area contributed by atoms with Crippen molar-refractivity contribution in [2.45, 2.75) is 16.8 Å². The number of alkyl halides is 3. The highest BCUT2D eigenvalue weighted by molar-refractivity contribution is 7.98. The van der Waals surface area contributed by atoms with Crippen molar-refractivity contribution < 1.29 is 18.0 Å². The Morgan fingerprint density at radius 2 is 1.91 bits per heavy atom. The van der Waals surface area contributed by atoms with E-state index in [0.717, 1.165) is 22.6 Å². The predicted octanol–water partition coefficient (Wildman–Crippen LogP) is 3.00. The highest BCUT2D eigenvalue weighted by Crippen LogP contribution is 2.30. The first-order chi connectivity index (χ1) is 10.4. The molecule has 2 aromatic rings. The molecular formula is C14H12F3N3OS. The first kappa shape index (κ1) is 16.3. The summed E-state index contributed by atoms with van der Waals surface area (Å²) in [5.74, 6) is 5.01. The summed E-state index contributed by atoms with van der Waals surface area (Å²) in [4.78, 5) is 16.0. The van der Waals surface area contributed by atoms with Gasteiger partial charge in [-0.05, 0) is 29.8 Å². The number of carbonyl (C=O) groups excluding carboxylic acids is 1. The molecule has 0 radical (unpaired) electrons. The van der Waals surface area contributed by atoms with Crippen molar-refractivity contribution in [3.05, 3.63) is 59.4 Å². The van der Waals surface area contributed by atoms with E-state index in [2.05, 4.69) is 4.98 Å². The third-order valence-electron chi connectivity index (χ3n) is 2.78. The molecule has 1 aromatic carbocycles. The number of aromatic nitrogens is 1. The average Bonchev–Trinajstić information content (AvgIpc) is 2.52. The van der Waals surface area contributed by atoms with Crippen molar-refractivity contribution in [2.24, 2.45) is 5.84 Å². The van der Waals surface area contributed by atoms with Crippen LogP contribution in [0.2, 0.25) is 0 Å². The van der Waals surface area contributed by atoms with Crippen LogP contribution in [-0.4, -0.2) is 10.9 Å². The fourth-order valence-corrected chi connectivity index (χ4v) is 2.53. The Kier molecular flexibility index (Phi) is 5.04. The SMILES string of the molecule is NNC(=O)c1cc(SCc2ccc(C(F)(F)F)cc2)ccn1. The van der Waals surface area contributed by atoms with Crippen LogP contribution in [0.3, 0.4) is 0 Å². The zero-order valence-electron chi connectivity index (χ0n) is 11.2. The standard InChI is InChI=1S/C14H12F3N3OS/c15-14(16,17)10-3-1-9(2-4-10)8-22-11-5-6-19-12(7-11)13(21)20-18/h1-7H,8,18H2,(H,20,21). The number of amides is 1. The highest BCUT2D eigenvalue weighted by Gasteiger charge is 2.29. The van der Waals surface area contributed by atoms with Crippen molar-refractivity contribution in [1.82, 2.24) is 10.4 Å². The quantitative estimate of drug-likeness (QED) is 0.392. The summed E-state index contributed by atoms with van der Waals surface area (Å²) in [5, 5.41) is 0. The molecule has 2 rings (SSSR count). The van der Waals surface area contributed by atoms with E-state index < -0.39 is 17.6 Å². The lowest BCUT2D eigenvalue weighted by Gasteiger charge is -2.08. The third-order valence-corrected chi connectivity index (χ3v) is 3.85. The number of nitrogens with zero attached hydrogens (tertiary/aromatic N) is 1. The number of hydrazine groups is 1. The van der Waals surface area contributed by atoms with Gasteiger partial charge in [0.15, 0.2) is 0 Å². The average molecular weight is 327 g/mol. The maximum Gasteiger partial charge on any atom is 0.416 e. The van der Waals surface area contributed by atoms with Crippen LogP contribution in [0.4, 0.5) is 13.2 Å². The molecule has 116 valence electrons. The molecule has 0 unspecified atom stereocenters. The van der Waals surface area contributed by atoms with Gasteiger partial charge in [-0.3, -0.25) is 15.2 Å². The van der Waals surface area contributed by atoms with E-state index in [9.17, 15) is 18.0 Å². The third kappa shape index (κ3) is 4.22. The molecule has 0 saturated carbocycles. The minimum atomic E-state index is -4.33. The molecule has 0 saturated heterocycles. The summed E-state index contributed by atoms with van der Waals surface area (Å²) in [6, 6.07) is 8.25. The zero-order chi connectivity index (χ0) is 16.2. The summed E-state index contributed by atoms with van der Waals surface area (Å²) in [5.41, 5.74) is 2.24. The van der Waals surface area contributed by atoms with Crippen LogP contribution < -0.4 is 11.3 Å². The normalized spacial score (nSPS) is 11.3. The first-order valence-electron chi connectivity index (χ1n) is 6.16. The fourth-order valence-electron chi connectivity index (χ4n) is 1.66. The zero-order valence-corrected chi connectivity index (χ0v) is 12.0. The number of hydrogen-bond donors (Lipinski definition) is 2. The number of carbonyl (C=O) groups is 1. The molecule has 0 atom stereocenters. The van der Waals surface area contributed by atoms with E-state index in [1.54, 1.807) is 12.1 Å². The number of benzene rings is 1. The lowest BCUT2D eigenvalue weighted by molar-refractivity contribution is -0.137. The molecule has 22 heavy (non-hydrogen) atoms. The molecule has 1 aromatic heterocycles.